The molecule has 1 aliphatic carbocycles. The third kappa shape index (κ3) is 2.49. The molecule has 1 spiro atoms. The fraction of sp³-hybridized carbons (Fsp3) is 0.667. The van der Waals surface area contributed by atoms with Gasteiger partial charge in [-0.3, -0.25) is 9.59 Å². The van der Waals surface area contributed by atoms with E-state index in [1.165, 1.54) is 6.07 Å². The van der Waals surface area contributed by atoms with Gasteiger partial charge < -0.3 is 14.7 Å². The van der Waals surface area contributed by atoms with Crippen LogP contribution in [0.5, 0.6) is 0 Å². The summed E-state index contributed by atoms with van der Waals surface area (Å²) in [6.07, 6.45) is 1.79. The van der Waals surface area contributed by atoms with E-state index in [4.69, 9.17) is 4.52 Å². The molecule has 23 heavy (non-hydrogen) atoms. The Morgan fingerprint density at radius 2 is 2.17 bits per heavy atom. The molecule has 3 heterocycles. The van der Waals surface area contributed by atoms with Gasteiger partial charge in [0.15, 0.2) is 5.69 Å². The highest BCUT2D eigenvalue weighted by atomic mass is 19.3. The first-order valence-corrected chi connectivity index (χ1v) is 7.81. The van der Waals surface area contributed by atoms with Crippen molar-refractivity contribution in [2.24, 2.45) is 5.41 Å². The maximum Gasteiger partial charge on any atom is 0.276 e. The van der Waals surface area contributed by atoms with E-state index in [1.807, 2.05) is 0 Å². The van der Waals surface area contributed by atoms with E-state index in [-0.39, 0.29) is 12.2 Å². The van der Waals surface area contributed by atoms with E-state index >= 15 is 0 Å². The van der Waals surface area contributed by atoms with Gasteiger partial charge in [-0.25, -0.2) is 8.78 Å². The zero-order valence-corrected chi connectivity index (χ0v) is 12.5. The molecule has 124 valence electrons. The predicted molar refractivity (Wildman–Crippen MR) is 74.0 cm³/mol. The number of rotatable bonds is 2. The molecule has 6 nitrogen and oxygen atoms in total. The maximum absolute atomic E-state index is 14.1. The van der Waals surface area contributed by atoms with Gasteiger partial charge in [0.1, 0.15) is 5.76 Å². The first-order valence-electron chi connectivity index (χ1n) is 7.81. The summed E-state index contributed by atoms with van der Waals surface area (Å²) in [7, 11) is 0. The van der Waals surface area contributed by atoms with Crippen molar-refractivity contribution in [3.8, 4) is 0 Å². The second-order valence-corrected chi connectivity index (χ2v) is 6.87. The van der Waals surface area contributed by atoms with E-state index in [1.54, 1.807) is 0 Å². The third-order valence-electron chi connectivity index (χ3n) is 4.90. The Kier molecular flexibility index (Phi) is 3.01. The molecule has 0 bridgehead atoms. The van der Waals surface area contributed by atoms with Crippen LogP contribution in [0.1, 0.15) is 47.8 Å². The summed E-state index contributed by atoms with van der Waals surface area (Å²) in [6.45, 7) is -0.321. The van der Waals surface area contributed by atoms with Gasteiger partial charge in [-0.05, 0) is 19.3 Å². The van der Waals surface area contributed by atoms with Crippen LogP contribution in [0, 0.1) is 5.41 Å². The Balaban J connectivity index is 1.58. The molecule has 1 saturated carbocycles. The summed E-state index contributed by atoms with van der Waals surface area (Å²) >= 11 is 0. The Morgan fingerprint density at radius 1 is 1.39 bits per heavy atom. The van der Waals surface area contributed by atoms with Crippen LogP contribution in [0.15, 0.2) is 10.6 Å². The van der Waals surface area contributed by atoms with Crippen molar-refractivity contribution in [2.45, 2.75) is 37.5 Å². The van der Waals surface area contributed by atoms with Gasteiger partial charge >= 0.3 is 0 Å². The van der Waals surface area contributed by atoms with E-state index in [9.17, 15) is 18.4 Å². The van der Waals surface area contributed by atoms with Gasteiger partial charge in [0, 0.05) is 31.5 Å². The number of nitrogens with one attached hydrogen (secondary N) is 1. The number of alkyl halides is 2. The lowest BCUT2D eigenvalue weighted by Crippen LogP contribution is -2.56. The first-order chi connectivity index (χ1) is 10.9. The van der Waals surface area contributed by atoms with Gasteiger partial charge in [0.2, 0.25) is 5.91 Å². The van der Waals surface area contributed by atoms with Gasteiger partial charge in [0.05, 0.1) is 12.0 Å². The summed E-state index contributed by atoms with van der Waals surface area (Å²) in [5.74, 6) is -3.16. The molecule has 1 N–H and O–H groups in total. The minimum atomic E-state index is -3.08. The Morgan fingerprint density at radius 3 is 2.83 bits per heavy atom. The van der Waals surface area contributed by atoms with Gasteiger partial charge in [-0.15, -0.1) is 0 Å². The molecule has 2 aliphatic heterocycles. The lowest BCUT2D eigenvalue weighted by Gasteiger charge is -2.42. The number of nitrogens with zero attached hydrogens (tertiary/aromatic N) is 2. The minimum absolute atomic E-state index is 0.00111. The average molecular weight is 325 g/mol. The molecule has 3 aliphatic rings. The number of hydrogen-bond donors (Lipinski definition) is 1. The largest absolute Gasteiger partial charge is 0.360 e. The minimum Gasteiger partial charge on any atom is -0.360 e. The lowest BCUT2D eigenvalue weighted by molar-refractivity contribution is -0.144. The molecular formula is C15H17F2N3O3. The van der Waals surface area contributed by atoms with Crippen LogP contribution in [0.3, 0.4) is 0 Å². The van der Waals surface area contributed by atoms with Crippen molar-refractivity contribution in [2.75, 3.05) is 19.6 Å². The maximum atomic E-state index is 14.1. The van der Waals surface area contributed by atoms with Crippen LogP contribution < -0.4 is 5.32 Å². The number of likely N-dealkylation sites (tertiary alicyclic amines) is 1. The summed E-state index contributed by atoms with van der Waals surface area (Å²) < 4.78 is 33.4. The lowest BCUT2D eigenvalue weighted by atomic mass is 9.77. The Bertz CT molecular complexity index is 671. The van der Waals surface area contributed by atoms with E-state index in [0.717, 1.165) is 17.7 Å². The number of carbonyl (C=O) groups excluding carboxylic acids is 2. The second-order valence-electron chi connectivity index (χ2n) is 6.87. The van der Waals surface area contributed by atoms with Crippen LogP contribution in [0.25, 0.3) is 0 Å². The monoisotopic (exact) mass is 325 g/mol. The Labute approximate surface area is 131 Å². The SMILES string of the molecule is O=C(c1cc(C2CC2)on1)N1CC(F)(F)C[C@@]2(CCNC2=O)C1. The summed E-state index contributed by atoms with van der Waals surface area (Å²) in [5, 5.41) is 6.32. The summed E-state index contributed by atoms with van der Waals surface area (Å²) in [4.78, 5) is 25.6. The molecule has 0 unspecified atom stereocenters. The van der Waals surface area contributed by atoms with Crippen molar-refractivity contribution in [3.63, 3.8) is 0 Å². The topological polar surface area (TPSA) is 75.4 Å². The molecule has 0 radical (unpaired) electrons. The number of halogens is 2. The molecule has 8 heteroatoms. The fourth-order valence-corrected chi connectivity index (χ4v) is 3.60. The van der Waals surface area contributed by atoms with Crippen LogP contribution in [-0.2, 0) is 4.79 Å². The highest BCUT2D eigenvalue weighted by molar-refractivity contribution is 5.93. The van der Waals surface area contributed by atoms with Crippen LogP contribution >= 0.6 is 0 Å². The van der Waals surface area contributed by atoms with Crippen LogP contribution in [0.2, 0.25) is 0 Å². The quantitative estimate of drug-likeness (QED) is 0.895. The molecule has 1 aromatic rings. The van der Waals surface area contributed by atoms with Crippen molar-refractivity contribution in [1.82, 2.24) is 15.4 Å². The molecule has 0 aromatic carbocycles. The van der Waals surface area contributed by atoms with E-state index < -0.39 is 36.1 Å². The predicted octanol–water partition coefficient (Wildman–Crippen LogP) is 1.54. The molecule has 1 atom stereocenters. The van der Waals surface area contributed by atoms with Crippen molar-refractivity contribution in [1.29, 1.82) is 0 Å². The first kappa shape index (κ1) is 14.6. The molecule has 2 amide bonds. The molecule has 3 fully saturated rings. The highest BCUT2D eigenvalue weighted by Crippen LogP contribution is 2.44. The summed E-state index contributed by atoms with van der Waals surface area (Å²) in [5.41, 5.74) is -1.15. The fourth-order valence-electron chi connectivity index (χ4n) is 3.60. The number of aromatic nitrogens is 1. The smallest absolute Gasteiger partial charge is 0.276 e. The second kappa shape index (κ2) is 4.75. The number of amides is 2. The van der Waals surface area contributed by atoms with E-state index in [0.29, 0.717) is 24.6 Å². The molecule has 1 aromatic heterocycles. The number of hydrogen-bond acceptors (Lipinski definition) is 4. The zero-order valence-electron chi connectivity index (χ0n) is 12.5. The Hall–Kier alpha value is -1.99. The van der Waals surface area contributed by atoms with Crippen molar-refractivity contribution in [3.05, 3.63) is 17.5 Å². The van der Waals surface area contributed by atoms with Gasteiger partial charge in [-0.1, -0.05) is 5.16 Å². The molecule has 4 rings (SSSR count). The third-order valence-corrected chi connectivity index (χ3v) is 4.90. The van der Waals surface area contributed by atoms with E-state index in [2.05, 4.69) is 10.5 Å². The average Bonchev–Trinajstić information content (AvgIpc) is 3.12. The highest BCUT2D eigenvalue weighted by Gasteiger charge is 2.56. The van der Waals surface area contributed by atoms with Gasteiger partial charge in [-0.2, -0.15) is 0 Å². The molecular weight excluding hydrogens is 308 g/mol. The van der Waals surface area contributed by atoms with Crippen LogP contribution in [0.4, 0.5) is 8.78 Å². The summed E-state index contributed by atoms with van der Waals surface area (Å²) in [6, 6.07) is 1.54. The van der Waals surface area contributed by atoms with Crippen molar-refractivity contribution < 1.29 is 22.9 Å². The normalized spacial score (nSPS) is 29.8. The van der Waals surface area contributed by atoms with Crippen LogP contribution in [-0.4, -0.2) is 47.4 Å². The van der Waals surface area contributed by atoms with Crippen molar-refractivity contribution >= 4 is 11.8 Å². The molecule has 2 saturated heterocycles. The van der Waals surface area contributed by atoms with Gasteiger partial charge in [0.25, 0.3) is 11.8 Å². The number of carbonyl (C=O) groups is 2. The zero-order chi connectivity index (χ0) is 16.2. The standard InChI is InChI=1S/C15H17F2N3O3/c16-15(17)6-14(3-4-18-13(14)22)7-20(8-15)12(21)10-5-11(23-19-10)9-1-2-9/h5,9H,1-4,6-8H2,(H,18,22)/t14-/m0/s1. The number of piperidine rings is 1.